The van der Waals surface area contributed by atoms with Gasteiger partial charge in [-0.2, -0.15) is 0 Å². The molecule has 0 heterocycles. The van der Waals surface area contributed by atoms with Gasteiger partial charge in [-0.25, -0.2) is 4.39 Å². The number of anilines is 1. The highest BCUT2D eigenvalue weighted by Gasteiger charge is 2.06. The molecule has 5 nitrogen and oxygen atoms in total. The van der Waals surface area contributed by atoms with Crippen molar-refractivity contribution in [2.75, 3.05) is 38.4 Å². The molecule has 0 aliphatic rings. The summed E-state index contributed by atoms with van der Waals surface area (Å²) >= 11 is 8.11. The molecule has 1 rings (SSSR count). The van der Waals surface area contributed by atoms with Crippen LogP contribution in [0.5, 0.6) is 5.75 Å². The molecule has 0 saturated heterocycles. The van der Waals surface area contributed by atoms with Crippen molar-refractivity contribution in [2.45, 2.75) is 24.5 Å². The number of thiol groups is 2. The Kier molecular flexibility index (Phi) is 10.9. The second-order valence-electron chi connectivity index (χ2n) is 5.09. The second-order valence-corrected chi connectivity index (χ2v) is 6.53. The third-order valence-electron chi connectivity index (χ3n) is 2.80. The van der Waals surface area contributed by atoms with Crippen molar-refractivity contribution in [1.82, 2.24) is 0 Å². The Morgan fingerprint density at radius 1 is 1.17 bits per heavy atom. The molecule has 0 saturated carbocycles. The van der Waals surface area contributed by atoms with Crippen LogP contribution in [0.4, 0.5) is 10.1 Å². The van der Waals surface area contributed by atoms with Gasteiger partial charge in [0.1, 0.15) is 11.3 Å². The van der Waals surface area contributed by atoms with Gasteiger partial charge < -0.3 is 19.5 Å². The Balaban J connectivity index is 2.08. The quantitative estimate of drug-likeness (QED) is 0.280. The van der Waals surface area contributed by atoms with Gasteiger partial charge in [0, 0.05) is 38.0 Å². The number of halogens is 1. The lowest BCUT2D eigenvalue weighted by atomic mass is 10.3. The first-order chi connectivity index (χ1) is 11.5. The zero-order valence-corrected chi connectivity index (χ0v) is 15.5. The lowest BCUT2D eigenvalue weighted by Gasteiger charge is -2.11. The van der Waals surface area contributed by atoms with Crippen LogP contribution in [0.1, 0.15) is 19.8 Å². The second kappa shape index (κ2) is 12.4. The molecule has 8 heteroatoms. The number of ketones is 1. The number of hydrogen-bond donors (Lipinski definition) is 3. The minimum absolute atomic E-state index is 0.0140. The molecule has 0 aliphatic heterocycles. The van der Waals surface area contributed by atoms with Gasteiger partial charge in [0.15, 0.2) is 17.3 Å². The Bertz CT molecular complexity index is 503. The predicted molar refractivity (Wildman–Crippen MR) is 98.8 cm³/mol. The molecule has 0 bridgehead atoms. The summed E-state index contributed by atoms with van der Waals surface area (Å²) in [6.07, 6.45) is 1.39. The van der Waals surface area contributed by atoms with Gasteiger partial charge in [-0.1, -0.05) is 0 Å². The molecule has 24 heavy (non-hydrogen) atoms. The van der Waals surface area contributed by atoms with Crippen molar-refractivity contribution in [3.63, 3.8) is 0 Å². The van der Waals surface area contributed by atoms with Crippen molar-refractivity contribution >= 4 is 36.7 Å². The van der Waals surface area contributed by atoms with E-state index in [4.69, 9.17) is 14.2 Å². The molecule has 1 aromatic carbocycles. The van der Waals surface area contributed by atoms with E-state index in [0.29, 0.717) is 38.5 Å². The number of ether oxygens (including phenoxy) is 3. The van der Waals surface area contributed by atoms with Crippen LogP contribution in [0.2, 0.25) is 0 Å². The van der Waals surface area contributed by atoms with Crippen LogP contribution in [0.25, 0.3) is 0 Å². The van der Waals surface area contributed by atoms with E-state index in [1.807, 2.05) is 0 Å². The van der Waals surface area contributed by atoms with Gasteiger partial charge in [0.25, 0.3) is 0 Å². The van der Waals surface area contributed by atoms with Gasteiger partial charge in [0.2, 0.25) is 0 Å². The normalized spacial score (nSPS) is 10.9. The van der Waals surface area contributed by atoms with E-state index in [-0.39, 0.29) is 22.8 Å². The zero-order chi connectivity index (χ0) is 17.8. The van der Waals surface area contributed by atoms with Crippen LogP contribution >= 0.6 is 25.3 Å². The average Bonchev–Trinajstić information content (AvgIpc) is 2.50. The van der Waals surface area contributed by atoms with Gasteiger partial charge in [0.05, 0.1) is 6.61 Å². The van der Waals surface area contributed by atoms with E-state index >= 15 is 0 Å². The van der Waals surface area contributed by atoms with Crippen molar-refractivity contribution in [1.29, 1.82) is 0 Å². The summed E-state index contributed by atoms with van der Waals surface area (Å²) in [5.74, 6) is -0.223. The highest BCUT2D eigenvalue weighted by Crippen LogP contribution is 2.22. The largest absolute Gasteiger partial charge is 0.490 e. The maximum Gasteiger partial charge on any atom is 0.167 e. The van der Waals surface area contributed by atoms with E-state index in [1.54, 1.807) is 12.1 Å². The SMILES string of the molecule is CC(=O)COCCCOCCCOc1ccc(NC(S)S)cc1F. The first-order valence-electron chi connectivity index (χ1n) is 7.69. The van der Waals surface area contributed by atoms with Crippen molar-refractivity contribution < 1.29 is 23.4 Å². The average molecular weight is 378 g/mol. The smallest absolute Gasteiger partial charge is 0.167 e. The van der Waals surface area contributed by atoms with E-state index in [0.717, 1.165) is 6.42 Å². The molecule has 0 radical (unpaired) electrons. The van der Waals surface area contributed by atoms with E-state index in [1.165, 1.54) is 13.0 Å². The van der Waals surface area contributed by atoms with Crippen LogP contribution in [-0.2, 0) is 14.3 Å². The maximum absolute atomic E-state index is 13.8. The monoisotopic (exact) mass is 377 g/mol. The number of nitrogens with one attached hydrogen (secondary N) is 1. The third kappa shape index (κ3) is 10.0. The number of carbonyl (C=O) groups is 1. The number of rotatable bonds is 13. The van der Waals surface area contributed by atoms with Crippen LogP contribution in [0.15, 0.2) is 18.2 Å². The minimum atomic E-state index is -0.439. The molecule has 0 amide bonds. The molecule has 1 N–H and O–H groups in total. The van der Waals surface area contributed by atoms with E-state index in [9.17, 15) is 9.18 Å². The minimum Gasteiger partial charge on any atom is -0.490 e. The molecule has 0 spiro atoms. The lowest BCUT2D eigenvalue weighted by Crippen LogP contribution is -2.09. The molecule has 0 aromatic heterocycles. The number of carbonyl (C=O) groups excluding carboxylic acids is 1. The summed E-state index contributed by atoms with van der Waals surface area (Å²) in [5, 5.41) is 2.87. The zero-order valence-electron chi connectivity index (χ0n) is 13.7. The Hall–Kier alpha value is -0.960. The molecular formula is C16H24FNO4S2. The molecule has 0 aliphatic carbocycles. The molecular weight excluding hydrogens is 353 g/mol. The maximum atomic E-state index is 13.8. The summed E-state index contributed by atoms with van der Waals surface area (Å²) in [7, 11) is 0. The van der Waals surface area contributed by atoms with Crippen LogP contribution in [0.3, 0.4) is 0 Å². The first-order valence-corrected chi connectivity index (χ1v) is 8.72. The molecule has 136 valence electrons. The molecule has 0 unspecified atom stereocenters. The standard InChI is InChI=1S/C16H24FNO4S2/c1-12(19)11-21-8-2-6-20-7-3-9-22-15-5-4-13(10-14(15)17)18-16(23)24/h4-5,10,16,18,23-24H,2-3,6-9,11H2,1H3. The highest BCUT2D eigenvalue weighted by atomic mass is 32.2. The van der Waals surface area contributed by atoms with Gasteiger partial charge in [-0.3, -0.25) is 4.79 Å². The lowest BCUT2D eigenvalue weighted by molar-refractivity contribution is -0.121. The molecule has 1 aromatic rings. The highest BCUT2D eigenvalue weighted by molar-refractivity contribution is 7.99. The molecule has 0 fully saturated rings. The number of Topliss-reactive ketones (excluding diaryl/α,β-unsaturated/α-hetero) is 1. The number of benzene rings is 1. The van der Waals surface area contributed by atoms with E-state index < -0.39 is 5.82 Å². The van der Waals surface area contributed by atoms with Gasteiger partial charge in [-0.15, -0.1) is 25.3 Å². The number of hydrogen-bond acceptors (Lipinski definition) is 7. The fourth-order valence-electron chi connectivity index (χ4n) is 1.78. The van der Waals surface area contributed by atoms with Crippen molar-refractivity contribution in [3.05, 3.63) is 24.0 Å². The van der Waals surface area contributed by atoms with Crippen molar-refractivity contribution in [3.8, 4) is 5.75 Å². The summed E-state index contributed by atoms with van der Waals surface area (Å²) < 4.78 is 29.4. The fraction of sp³-hybridized carbons (Fsp3) is 0.562. The Labute approximate surface area is 153 Å². The molecule has 0 atom stereocenters. The van der Waals surface area contributed by atoms with Gasteiger partial charge in [-0.05, 0) is 25.5 Å². The van der Waals surface area contributed by atoms with Crippen LogP contribution in [0, 0.1) is 5.82 Å². The Morgan fingerprint density at radius 3 is 2.46 bits per heavy atom. The predicted octanol–water partition coefficient (Wildman–Crippen LogP) is 3.16. The topological polar surface area (TPSA) is 56.8 Å². The fourth-order valence-corrected chi connectivity index (χ4v) is 2.08. The summed E-state index contributed by atoms with van der Waals surface area (Å²) in [6.45, 7) is 3.58. The summed E-state index contributed by atoms with van der Waals surface area (Å²) in [6, 6.07) is 4.61. The third-order valence-corrected chi connectivity index (χ3v) is 3.06. The first kappa shape index (κ1) is 21.1. The van der Waals surface area contributed by atoms with E-state index in [2.05, 4.69) is 30.6 Å². The van der Waals surface area contributed by atoms with Crippen LogP contribution < -0.4 is 10.1 Å². The van der Waals surface area contributed by atoms with Gasteiger partial charge >= 0.3 is 0 Å². The van der Waals surface area contributed by atoms with Crippen molar-refractivity contribution in [2.24, 2.45) is 0 Å². The summed E-state index contributed by atoms with van der Waals surface area (Å²) in [5.41, 5.74) is 0.588. The Morgan fingerprint density at radius 2 is 1.83 bits per heavy atom. The summed E-state index contributed by atoms with van der Waals surface area (Å²) in [4.78, 5) is 10.7. The van der Waals surface area contributed by atoms with Crippen LogP contribution in [-0.4, -0.2) is 43.5 Å².